The fourth-order valence-electron chi connectivity index (χ4n) is 2.44. The van der Waals surface area contributed by atoms with Crippen LogP contribution in [0.1, 0.15) is 19.3 Å². The molecule has 0 aromatic heterocycles. The minimum atomic E-state index is 0.600. The monoisotopic (exact) mass is 167 g/mol. The van der Waals surface area contributed by atoms with Crippen LogP contribution in [0.25, 0.3) is 0 Å². The molecular weight excluding hydrogens is 150 g/mol. The molecule has 68 valence electrons. The van der Waals surface area contributed by atoms with Crippen LogP contribution < -0.4 is 0 Å². The summed E-state index contributed by atoms with van der Waals surface area (Å²) in [4.78, 5) is 2.60. The molecule has 0 radical (unpaired) electrons. The number of hydrogen-bond acceptors (Lipinski definition) is 2. The van der Waals surface area contributed by atoms with Crippen LogP contribution in [-0.2, 0) is 4.74 Å². The molecule has 2 saturated heterocycles. The lowest BCUT2D eigenvalue weighted by molar-refractivity contribution is 0.274. The molecule has 3 rings (SSSR count). The first-order valence-electron chi connectivity index (χ1n) is 5.26. The molecule has 1 unspecified atom stereocenters. The summed E-state index contributed by atoms with van der Waals surface area (Å²) in [6.07, 6.45) is 5.08. The lowest BCUT2D eigenvalue weighted by atomic mass is 10.0. The van der Waals surface area contributed by atoms with Crippen LogP contribution in [0.15, 0.2) is 0 Å². The Morgan fingerprint density at radius 2 is 2.00 bits per heavy atom. The van der Waals surface area contributed by atoms with Gasteiger partial charge in [-0.1, -0.05) is 0 Å². The van der Waals surface area contributed by atoms with Crippen molar-refractivity contribution in [2.45, 2.75) is 25.4 Å². The van der Waals surface area contributed by atoms with Gasteiger partial charge in [0.2, 0.25) is 0 Å². The van der Waals surface area contributed by atoms with Gasteiger partial charge in [-0.05, 0) is 37.6 Å². The van der Waals surface area contributed by atoms with E-state index in [9.17, 15) is 0 Å². The van der Waals surface area contributed by atoms with Crippen molar-refractivity contribution in [2.75, 3.05) is 26.2 Å². The first-order chi connectivity index (χ1) is 5.92. The van der Waals surface area contributed by atoms with Crippen molar-refractivity contribution in [1.29, 1.82) is 0 Å². The summed E-state index contributed by atoms with van der Waals surface area (Å²) in [6.45, 7) is 4.93. The molecule has 0 N–H and O–H groups in total. The lowest BCUT2D eigenvalue weighted by Crippen LogP contribution is -2.25. The first-order valence-corrected chi connectivity index (χ1v) is 5.26. The van der Waals surface area contributed by atoms with E-state index in [2.05, 4.69) is 4.90 Å². The summed E-state index contributed by atoms with van der Waals surface area (Å²) in [7, 11) is 0. The van der Waals surface area contributed by atoms with Gasteiger partial charge in [-0.25, -0.2) is 0 Å². The van der Waals surface area contributed by atoms with Crippen LogP contribution >= 0.6 is 0 Å². The van der Waals surface area contributed by atoms with Gasteiger partial charge >= 0.3 is 0 Å². The Labute approximate surface area is 73.9 Å². The molecule has 0 aromatic carbocycles. The second kappa shape index (κ2) is 2.71. The van der Waals surface area contributed by atoms with E-state index in [4.69, 9.17) is 4.74 Å². The van der Waals surface area contributed by atoms with Gasteiger partial charge in [-0.3, -0.25) is 0 Å². The van der Waals surface area contributed by atoms with E-state index in [1.165, 1.54) is 38.9 Å². The van der Waals surface area contributed by atoms with Crippen LogP contribution in [0, 0.1) is 11.8 Å². The molecule has 1 saturated carbocycles. The average Bonchev–Trinajstić information content (AvgIpc) is 2.92. The van der Waals surface area contributed by atoms with Gasteiger partial charge in [-0.15, -0.1) is 0 Å². The van der Waals surface area contributed by atoms with Crippen LogP contribution in [0.5, 0.6) is 0 Å². The third-order valence-electron chi connectivity index (χ3n) is 3.46. The van der Waals surface area contributed by atoms with E-state index in [-0.39, 0.29) is 0 Å². The highest BCUT2D eigenvalue weighted by Gasteiger charge is 2.37. The molecule has 12 heavy (non-hydrogen) atoms. The summed E-state index contributed by atoms with van der Waals surface area (Å²) >= 11 is 0. The Morgan fingerprint density at radius 1 is 1.17 bits per heavy atom. The van der Waals surface area contributed by atoms with Crippen molar-refractivity contribution in [3.63, 3.8) is 0 Å². The van der Waals surface area contributed by atoms with Gasteiger partial charge in [0.05, 0.1) is 12.7 Å². The zero-order valence-corrected chi connectivity index (χ0v) is 7.54. The third-order valence-corrected chi connectivity index (χ3v) is 3.46. The van der Waals surface area contributed by atoms with Gasteiger partial charge in [0.1, 0.15) is 0 Å². The summed E-state index contributed by atoms with van der Waals surface area (Å²) in [5.41, 5.74) is 0. The van der Waals surface area contributed by atoms with Gasteiger partial charge in [0, 0.05) is 13.1 Å². The minimum Gasteiger partial charge on any atom is -0.372 e. The number of rotatable bonds is 3. The van der Waals surface area contributed by atoms with E-state index in [0.29, 0.717) is 6.10 Å². The van der Waals surface area contributed by atoms with Crippen molar-refractivity contribution in [2.24, 2.45) is 11.8 Å². The summed E-state index contributed by atoms with van der Waals surface area (Å²) in [5.74, 6) is 2.15. The van der Waals surface area contributed by atoms with Crippen LogP contribution in [0.2, 0.25) is 0 Å². The number of nitrogens with zero attached hydrogens (tertiary/aromatic N) is 1. The van der Waals surface area contributed by atoms with Crippen molar-refractivity contribution in [3.8, 4) is 0 Å². The van der Waals surface area contributed by atoms with Gasteiger partial charge in [0.15, 0.2) is 0 Å². The molecule has 0 spiro atoms. The maximum absolute atomic E-state index is 5.24. The van der Waals surface area contributed by atoms with E-state index in [1.807, 2.05) is 0 Å². The second-order valence-corrected chi connectivity index (χ2v) is 4.60. The van der Waals surface area contributed by atoms with Crippen molar-refractivity contribution >= 4 is 0 Å². The fraction of sp³-hybridized carbons (Fsp3) is 1.00. The second-order valence-electron chi connectivity index (χ2n) is 4.60. The molecule has 2 atom stereocenters. The highest BCUT2D eigenvalue weighted by Crippen LogP contribution is 2.41. The largest absolute Gasteiger partial charge is 0.372 e. The van der Waals surface area contributed by atoms with E-state index >= 15 is 0 Å². The standard InChI is InChI=1S/C10H17NO/c1-2-8(1)9-3-4-11(5-9)6-10-7-12-10/h8-10H,1-7H2/t9?,10-/m1/s1. The Morgan fingerprint density at radius 3 is 2.67 bits per heavy atom. The smallest absolute Gasteiger partial charge is 0.0936 e. The number of hydrogen-bond donors (Lipinski definition) is 0. The molecule has 1 aliphatic carbocycles. The number of ether oxygens (including phenoxy) is 1. The topological polar surface area (TPSA) is 15.8 Å². The third kappa shape index (κ3) is 1.50. The summed E-state index contributed by atoms with van der Waals surface area (Å²) < 4.78 is 5.24. The molecule has 3 aliphatic rings. The van der Waals surface area contributed by atoms with Crippen molar-refractivity contribution < 1.29 is 4.74 Å². The molecule has 2 nitrogen and oxygen atoms in total. The molecule has 0 bridgehead atoms. The minimum absolute atomic E-state index is 0.600. The first kappa shape index (κ1) is 7.34. The highest BCUT2D eigenvalue weighted by molar-refractivity contribution is 4.89. The molecule has 0 amide bonds. The zero-order valence-electron chi connectivity index (χ0n) is 7.54. The molecular formula is C10H17NO. The molecule has 3 fully saturated rings. The summed E-state index contributed by atoms with van der Waals surface area (Å²) in [5, 5.41) is 0. The van der Waals surface area contributed by atoms with Crippen LogP contribution in [-0.4, -0.2) is 37.2 Å². The molecule has 2 heterocycles. The fourth-order valence-corrected chi connectivity index (χ4v) is 2.44. The quantitative estimate of drug-likeness (QED) is 0.585. The molecule has 2 aliphatic heterocycles. The Hall–Kier alpha value is -0.0800. The maximum atomic E-state index is 5.24. The zero-order chi connectivity index (χ0) is 7.97. The van der Waals surface area contributed by atoms with Crippen LogP contribution in [0.3, 0.4) is 0 Å². The Balaban J connectivity index is 1.48. The molecule has 2 heteroatoms. The highest BCUT2D eigenvalue weighted by atomic mass is 16.6. The predicted molar refractivity (Wildman–Crippen MR) is 47.0 cm³/mol. The van der Waals surface area contributed by atoms with Crippen molar-refractivity contribution in [1.82, 2.24) is 4.90 Å². The predicted octanol–water partition coefficient (Wildman–Crippen LogP) is 1.12. The average molecular weight is 167 g/mol. The van der Waals surface area contributed by atoms with E-state index in [0.717, 1.165) is 18.4 Å². The Kier molecular flexibility index (Phi) is 1.66. The van der Waals surface area contributed by atoms with E-state index < -0.39 is 0 Å². The maximum Gasteiger partial charge on any atom is 0.0936 e. The summed E-state index contributed by atoms with van der Waals surface area (Å²) in [6, 6.07) is 0. The lowest BCUT2D eigenvalue weighted by Gasteiger charge is -2.13. The van der Waals surface area contributed by atoms with Crippen LogP contribution in [0.4, 0.5) is 0 Å². The number of epoxide rings is 1. The van der Waals surface area contributed by atoms with Gasteiger partial charge < -0.3 is 9.64 Å². The molecule has 0 aromatic rings. The van der Waals surface area contributed by atoms with E-state index in [1.54, 1.807) is 0 Å². The van der Waals surface area contributed by atoms with Gasteiger partial charge in [-0.2, -0.15) is 0 Å². The van der Waals surface area contributed by atoms with Gasteiger partial charge in [0.25, 0.3) is 0 Å². The SMILES string of the molecule is C1CC1C1CCN(C[C@@H]2CO2)C1. The Bertz CT molecular complexity index is 175. The van der Waals surface area contributed by atoms with Crippen molar-refractivity contribution in [3.05, 3.63) is 0 Å². The number of likely N-dealkylation sites (tertiary alicyclic amines) is 1. The normalized spacial score (nSPS) is 42.0.